The molecule has 0 spiro atoms. The predicted molar refractivity (Wildman–Crippen MR) is 150 cm³/mol. The first kappa shape index (κ1) is 28.4. The molecule has 0 aliphatic heterocycles. The van der Waals surface area contributed by atoms with Crippen LogP contribution in [0.15, 0.2) is 65.2 Å². The van der Waals surface area contributed by atoms with Crippen molar-refractivity contribution in [1.29, 1.82) is 0 Å². The fourth-order valence-electron chi connectivity index (χ4n) is 4.24. The summed E-state index contributed by atoms with van der Waals surface area (Å²) >= 11 is 3.47. The van der Waals surface area contributed by atoms with Crippen molar-refractivity contribution in [3.05, 3.63) is 83.6 Å². The highest BCUT2D eigenvalue weighted by Gasteiger charge is 2.16. The molecule has 1 unspecified atom stereocenters. The number of hydrogen-bond acceptors (Lipinski definition) is 5. The third-order valence-electron chi connectivity index (χ3n) is 6.40. The lowest BCUT2D eigenvalue weighted by atomic mass is 10.0. The molecule has 3 aromatic rings. The Hall–Kier alpha value is -2.15. The molecule has 1 saturated carbocycles. The van der Waals surface area contributed by atoms with Gasteiger partial charge in [-0.1, -0.05) is 96.9 Å². The van der Waals surface area contributed by atoms with Gasteiger partial charge in [0.1, 0.15) is 11.5 Å². The molecule has 1 aromatic heterocycles. The van der Waals surface area contributed by atoms with Crippen molar-refractivity contribution < 1.29 is 14.3 Å². The Kier molecular flexibility index (Phi) is 13.1. The van der Waals surface area contributed by atoms with E-state index < -0.39 is 6.10 Å². The quantitative estimate of drug-likeness (QED) is 0.192. The van der Waals surface area contributed by atoms with Gasteiger partial charge in [-0.25, -0.2) is 4.98 Å². The second-order valence-electron chi connectivity index (χ2n) is 9.44. The summed E-state index contributed by atoms with van der Waals surface area (Å²) in [6, 6.07) is 17.7. The van der Waals surface area contributed by atoms with Gasteiger partial charge in [0.25, 0.3) is 0 Å². The molecule has 5 nitrogen and oxygen atoms in total. The number of aryl methyl sites for hydroxylation is 1. The normalized spacial score (nSPS) is 14.2. The molecule has 0 bridgehead atoms. The molecular weight excluding hydrogens is 516 g/mol. The average Bonchev–Trinajstić information content (AvgIpc) is 3.41. The lowest BCUT2D eigenvalue weighted by molar-refractivity contribution is 0.179. The Morgan fingerprint density at radius 1 is 0.972 bits per heavy atom. The van der Waals surface area contributed by atoms with Crippen LogP contribution in [0.3, 0.4) is 0 Å². The van der Waals surface area contributed by atoms with Crippen LogP contribution in [0.25, 0.3) is 0 Å². The van der Waals surface area contributed by atoms with E-state index in [0.717, 1.165) is 54.8 Å². The Morgan fingerprint density at radius 2 is 1.69 bits per heavy atom. The van der Waals surface area contributed by atoms with Crippen LogP contribution >= 0.6 is 15.9 Å². The van der Waals surface area contributed by atoms with Gasteiger partial charge >= 0.3 is 0 Å². The van der Waals surface area contributed by atoms with E-state index in [1.165, 1.54) is 44.1 Å². The summed E-state index contributed by atoms with van der Waals surface area (Å²) in [7, 11) is 2.09. The number of aliphatic hydroxyl groups excluding tert-OH is 1. The lowest BCUT2D eigenvalue weighted by Crippen LogP contribution is -2.23. The number of likely N-dealkylation sites (N-methyl/N-ethyl adjacent to an activating group) is 1. The zero-order chi connectivity index (χ0) is 25.4. The van der Waals surface area contributed by atoms with Gasteiger partial charge in [0.15, 0.2) is 6.10 Å². The smallest absolute Gasteiger partial charge is 0.227 e. The van der Waals surface area contributed by atoms with E-state index in [0.29, 0.717) is 12.5 Å². The highest BCUT2D eigenvalue weighted by molar-refractivity contribution is 9.09. The number of aliphatic hydroxyl groups is 1. The maximum absolute atomic E-state index is 10.4. The second kappa shape index (κ2) is 16.6. The van der Waals surface area contributed by atoms with Crippen molar-refractivity contribution in [2.24, 2.45) is 0 Å². The van der Waals surface area contributed by atoms with Crippen LogP contribution in [0, 0.1) is 0 Å². The molecular formula is C30H41BrN2O3. The van der Waals surface area contributed by atoms with Crippen LogP contribution in [0.1, 0.15) is 73.8 Å². The van der Waals surface area contributed by atoms with Crippen molar-refractivity contribution in [1.82, 2.24) is 9.88 Å². The van der Waals surface area contributed by atoms with Crippen molar-refractivity contribution in [3.8, 4) is 5.75 Å². The summed E-state index contributed by atoms with van der Waals surface area (Å²) in [5, 5.41) is 11.3. The van der Waals surface area contributed by atoms with E-state index >= 15 is 0 Å². The van der Waals surface area contributed by atoms with Crippen molar-refractivity contribution in [2.45, 2.75) is 63.9 Å². The number of oxazole rings is 1. The van der Waals surface area contributed by atoms with Crippen LogP contribution < -0.4 is 4.74 Å². The number of hydrogen-bond donors (Lipinski definition) is 1. The first-order valence-corrected chi connectivity index (χ1v) is 14.4. The van der Waals surface area contributed by atoms with Gasteiger partial charge in [0.2, 0.25) is 5.89 Å². The number of alkyl halides is 1. The first-order valence-electron chi connectivity index (χ1n) is 13.3. The van der Waals surface area contributed by atoms with E-state index in [1.54, 1.807) is 6.20 Å². The Labute approximate surface area is 225 Å². The van der Waals surface area contributed by atoms with E-state index in [2.05, 4.69) is 45.0 Å². The minimum Gasteiger partial charge on any atom is -0.494 e. The van der Waals surface area contributed by atoms with Crippen LogP contribution in [0.4, 0.5) is 0 Å². The minimum atomic E-state index is -0.831. The lowest BCUT2D eigenvalue weighted by Gasteiger charge is -2.16. The van der Waals surface area contributed by atoms with Gasteiger partial charge in [-0.15, -0.1) is 0 Å². The number of nitrogens with zero attached hydrogens (tertiary/aromatic N) is 2. The van der Waals surface area contributed by atoms with Gasteiger partial charge in [0.05, 0.1) is 12.8 Å². The highest BCUT2D eigenvalue weighted by atomic mass is 79.9. The molecule has 0 radical (unpaired) electrons. The van der Waals surface area contributed by atoms with Crippen molar-refractivity contribution >= 4 is 15.9 Å². The van der Waals surface area contributed by atoms with E-state index in [-0.39, 0.29) is 0 Å². The van der Waals surface area contributed by atoms with Crippen LogP contribution in [-0.2, 0) is 12.8 Å². The third kappa shape index (κ3) is 10.5. The molecule has 2 aromatic carbocycles. The SMILES string of the molecule is C1CCCCC1.CN(CCCOc1cccc(CCBr)c1)CCc1cnc(C(O)c2ccccc2)o1. The Morgan fingerprint density at radius 3 is 2.39 bits per heavy atom. The summed E-state index contributed by atoms with van der Waals surface area (Å²) in [5.41, 5.74) is 2.06. The molecule has 1 aliphatic rings. The third-order valence-corrected chi connectivity index (χ3v) is 6.79. The molecule has 0 amide bonds. The molecule has 36 heavy (non-hydrogen) atoms. The van der Waals surface area contributed by atoms with Crippen LogP contribution in [0.5, 0.6) is 5.75 Å². The fourth-order valence-corrected chi connectivity index (χ4v) is 4.70. The van der Waals surface area contributed by atoms with Gasteiger partial charge < -0.3 is 19.2 Å². The van der Waals surface area contributed by atoms with Gasteiger partial charge in [-0.2, -0.15) is 0 Å². The van der Waals surface area contributed by atoms with E-state index in [1.807, 2.05) is 42.5 Å². The van der Waals surface area contributed by atoms with Crippen molar-refractivity contribution in [2.75, 3.05) is 32.1 Å². The predicted octanol–water partition coefficient (Wildman–Crippen LogP) is 6.98. The molecule has 196 valence electrons. The topological polar surface area (TPSA) is 58.7 Å². The highest BCUT2D eigenvalue weighted by Crippen LogP contribution is 2.21. The molecule has 1 aliphatic carbocycles. The molecule has 1 heterocycles. The molecule has 6 heteroatoms. The zero-order valence-electron chi connectivity index (χ0n) is 21.6. The zero-order valence-corrected chi connectivity index (χ0v) is 23.2. The van der Waals surface area contributed by atoms with E-state index in [9.17, 15) is 5.11 Å². The summed E-state index contributed by atoms with van der Waals surface area (Å²) in [6.45, 7) is 2.49. The largest absolute Gasteiger partial charge is 0.494 e. The Balaban J connectivity index is 0.000000526. The molecule has 1 N–H and O–H groups in total. The number of ether oxygens (including phenoxy) is 1. The number of aromatic nitrogens is 1. The molecule has 0 saturated heterocycles. The Bertz CT molecular complexity index is 964. The van der Waals surface area contributed by atoms with Crippen molar-refractivity contribution in [3.63, 3.8) is 0 Å². The molecule has 4 rings (SSSR count). The molecule has 1 atom stereocenters. The minimum absolute atomic E-state index is 0.342. The summed E-state index contributed by atoms with van der Waals surface area (Å²) in [6.07, 6.45) is 12.6. The number of rotatable bonds is 12. The maximum atomic E-state index is 10.4. The van der Waals surface area contributed by atoms with Crippen LogP contribution in [0.2, 0.25) is 0 Å². The maximum Gasteiger partial charge on any atom is 0.227 e. The first-order chi connectivity index (χ1) is 17.7. The van der Waals surface area contributed by atoms with Crippen LogP contribution in [-0.4, -0.2) is 47.1 Å². The van der Waals surface area contributed by atoms with Gasteiger partial charge in [-0.3, -0.25) is 0 Å². The standard InChI is InChI=1S/C24H29BrN2O3.C6H12/c1-27(14-6-16-29-21-10-5-7-19(17-21)11-13-25)15-12-22-18-26-24(30-22)23(28)20-8-3-2-4-9-20;1-2-4-6-5-3-1/h2-5,7-10,17-18,23,28H,6,11-16H2,1H3;1-6H2. The molecule has 1 fully saturated rings. The fraction of sp³-hybridized carbons (Fsp3) is 0.500. The number of halogens is 1. The second-order valence-corrected chi connectivity index (χ2v) is 10.2. The monoisotopic (exact) mass is 556 g/mol. The summed E-state index contributed by atoms with van der Waals surface area (Å²) in [4.78, 5) is 6.49. The van der Waals surface area contributed by atoms with E-state index in [4.69, 9.17) is 9.15 Å². The van der Waals surface area contributed by atoms with Gasteiger partial charge in [0, 0.05) is 24.8 Å². The summed E-state index contributed by atoms with van der Waals surface area (Å²) < 4.78 is 11.6. The average molecular weight is 558 g/mol. The van der Waals surface area contributed by atoms with Gasteiger partial charge in [-0.05, 0) is 43.1 Å². The summed E-state index contributed by atoms with van der Waals surface area (Å²) in [5.74, 6) is 2.06. The number of benzene rings is 2.